The highest BCUT2D eigenvalue weighted by molar-refractivity contribution is 6.30. The van der Waals surface area contributed by atoms with Gasteiger partial charge >= 0.3 is 5.97 Å². The first-order valence-corrected chi connectivity index (χ1v) is 4.94. The zero-order valence-electron chi connectivity index (χ0n) is 8.71. The minimum atomic E-state index is -3.01. The van der Waals surface area contributed by atoms with Crippen molar-refractivity contribution < 1.29 is 18.3 Å². The monoisotopic (exact) mass is 260 g/mol. The van der Waals surface area contributed by atoms with Crippen molar-refractivity contribution in [3.05, 3.63) is 28.0 Å². The summed E-state index contributed by atoms with van der Waals surface area (Å²) in [7, 11) is 0. The summed E-state index contributed by atoms with van der Waals surface area (Å²) >= 11 is 5.51. The van der Waals surface area contributed by atoms with Gasteiger partial charge in [0.05, 0.1) is 23.3 Å². The topological polar surface area (TPSA) is 63.0 Å². The molecule has 0 bridgehead atoms. The third kappa shape index (κ3) is 2.68. The van der Waals surface area contributed by atoms with Gasteiger partial charge in [-0.05, 0) is 6.92 Å². The fourth-order valence-electron chi connectivity index (χ4n) is 1.21. The number of pyridine rings is 1. The van der Waals surface area contributed by atoms with Crippen molar-refractivity contribution in [2.45, 2.75) is 13.3 Å². The lowest BCUT2D eigenvalue weighted by Gasteiger charge is -2.09. The Morgan fingerprint density at radius 1 is 1.71 bits per heavy atom. The number of nitriles is 1. The van der Waals surface area contributed by atoms with Crippen LogP contribution in [0.4, 0.5) is 8.78 Å². The van der Waals surface area contributed by atoms with E-state index < -0.39 is 29.1 Å². The van der Waals surface area contributed by atoms with Gasteiger partial charge in [-0.2, -0.15) is 5.26 Å². The molecule has 1 rings (SSSR count). The molecule has 1 aromatic rings. The Balaban J connectivity index is 3.42. The Labute approximate surface area is 101 Å². The molecule has 0 aliphatic carbocycles. The van der Waals surface area contributed by atoms with Crippen LogP contribution in [0.2, 0.25) is 5.15 Å². The molecule has 0 unspecified atom stereocenters. The Bertz CT molecular complexity index is 486. The maximum atomic E-state index is 12.8. The standard InChI is InChI=1S/C10H7ClF2N2O2/c1-2-17-10(16)6-4-15-8(11)5(3-14)7(6)9(12)13/h4,9H,2H2,1H3. The normalized spacial score (nSPS) is 10.1. The summed E-state index contributed by atoms with van der Waals surface area (Å²) in [6, 6.07) is 1.50. The molecule has 1 aromatic heterocycles. The molecule has 0 N–H and O–H groups in total. The number of halogens is 3. The fourth-order valence-corrected chi connectivity index (χ4v) is 1.40. The van der Waals surface area contributed by atoms with Crippen LogP contribution < -0.4 is 0 Å². The maximum Gasteiger partial charge on any atom is 0.340 e. The molecule has 0 saturated heterocycles. The summed E-state index contributed by atoms with van der Waals surface area (Å²) in [5, 5.41) is 8.36. The molecule has 0 fully saturated rings. The van der Waals surface area contributed by atoms with E-state index in [-0.39, 0.29) is 11.8 Å². The van der Waals surface area contributed by atoms with Crippen molar-refractivity contribution in [2.75, 3.05) is 6.61 Å². The summed E-state index contributed by atoms with van der Waals surface area (Å²) in [6.45, 7) is 1.57. The largest absolute Gasteiger partial charge is 0.462 e. The van der Waals surface area contributed by atoms with Gasteiger partial charge < -0.3 is 4.74 Å². The lowest BCUT2D eigenvalue weighted by atomic mass is 10.1. The van der Waals surface area contributed by atoms with Crippen LogP contribution >= 0.6 is 11.6 Å². The smallest absolute Gasteiger partial charge is 0.340 e. The number of aromatic nitrogens is 1. The molecule has 1 heterocycles. The Kier molecular flexibility index (Phi) is 4.35. The van der Waals surface area contributed by atoms with Crippen LogP contribution in [0.5, 0.6) is 0 Å². The van der Waals surface area contributed by atoms with Gasteiger partial charge in [0, 0.05) is 6.20 Å². The maximum absolute atomic E-state index is 12.8. The molecule has 0 atom stereocenters. The lowest BCUT2D eigenvalue weighted by Crippen LogP contribution is -2.11. The number of carbonyl (C=O) groups is 1. The summed E-state index contributed by atoms with van der Waals surface area (Å²) in [4.78, 5) is 14.9. The number of ether oxygens (including phenoxy) is 1. The second-order valence-corrected chi connectivity index (χ2v) is 3.24. The number of nitrogens with zero attached hydrogens (tertiary/aromatic N) is 2. The molecule has 0 aromatic carbocycles. The number of hydrogen-bond acceptors (Lipinski definition) is 4. The molecule has 17 heavy (non-hydrogen) atoms. The average molecular weight is 261 g/mol. The van der Waals surface area contributed by atoms with E-state index in [1.165, 1.54) is 13.0 Å². The molecule has 0 aliphatic rings. The summed E-state index contributed by atoms with van der Waals surface area (Å²) < 4.78 is 30.2. The number of carbonyl (C=O) groups excluding carboxylic acids is 1. The Morgan fingerprint density at radius 2 is 2.35 bits per heavy atom. The van der Waals surface area contributed by atoms with Crippen LogP contribution in [0, 0.1) is 11.3 Å². The van der Waals surface area contributed by atoms with E-state index in [9.17, 15) is 13.6 Å². The van der Waals surface area contributed by atoms with Gasteiger partial charge in [-0.3, -0.25) is 0 Å². The molecule has 0 amide bonds. The fraction of sp³-hybridized carbons (Fsp3) is 0.300. The van der Waals surface area contributed by atoms with Gasteiger partial charge in [0.2, 0.25) is 0 Å². The number of hydrogen-bond donors (Lipinski definition) is 0. The van der Waals surface area contributed by atoms with Crippen molar-refractivity contribution >= 4 is 17.6 Å². The summed E-state index contributed by atoms with van der Waals surface area (Å²) in [5.74, 6) is -0.955. The van der Waals surface area contributed by atoms with Gasteiger partial charge in [-0.15, -0.1) is 0 Å². The summed E-state index contributed by atoms with van der Waals surface area (Å²) in [5.41, 5.74) is -1.69. The summed E-state index contributed by atoms with van der Waals surface area (Å²) in [6.07, 6.45) is -2.13. The Hall–Kier alpha value is -1.74. The van der Waals surface area contributed by atoms with Gasteiger partial charge in [0.1, 0.15) is 11.2 Å². The number of rotatable bonds is 3. The SMILES string of the molecule is CCOC(=O)c1cnc(Cl)c(C#N)c1C(F)F. The molecule has 90 valence electrons. The molecule has 0 radical (unpaired) electrons. The van der Waals surface area contributed by atoms with E-state index in [0.717, 1.165) is 6.20 Å². The quantitative estimate of drug-likeness (QED) is 0.619. The van der Waals surface area contributed by atoms with E-state index in [1.54, 1.807) is 0 Å². The van der Waals surface area contributed by atoms with E-state index in [0.29, 0.717) is 0 Å². The van der Waals surface area contributed by atoms with Crippen molar-refractivity contribution in [3.8, 4) is 6.07 Å². The highest BCUT2D eigenvalue weighted by Crippen LogP contribution is 2.30. The molecular weight excluding hydrogens is 254 g/mol. The van der Waals surface area contributed by atoms with Crippen LogP contribution in [0.25, 0.3) is 0 Å². The van der Waals surface area contributed by atoms with E-state index in [1.807, 2.05) is 0 Å². The van der Waals surface area contributed by atoms with Gasteiger partial charge in [-0.1, -0.05) is 11.6 Å². The van der Waals surface area contributed by atoms with Crippen molar-refractivity contribution in [1.29, 1.82) is 5.26 Å². The van der Waals surface area contributed by atoms with Gasteiger partial charge in [-0.25, -0.2) is 18.6 Å². The first-order valence-electron chi connectivity index (χ1n) is 4.56. The number of esters is 1. The second kappa shape index (κ2) is 5.55. The molecule has 0 spiro atoms. The Morgan fingerprint density at radius 3 is 2.82 bits per heavy atom. The first-order chi connectivity index (χ1) is 8.02. The predicted octanol–water partition coefficient (Wildman–Crippen LogP) is 2.72. The third-order valence-corrected chi connectivity index (χ3v) is 2.18. The molecule has 7 heteroatoms. The molecular formula is C10H7ClF2N2O2. The third-order valence-electron chi connectivity index (χ3n) is 1.90. The highest BCUT2D eigenvalue weighted by atomic mass is 35.5. The second-order valence-electron chi connectivity index (χ2n) is 2.88. The molecule has 4 nitrogen and oxygen atoms in total. The number of alkyl halides is 2. The van der Waals surface area contributed by atoms with Crippen LogP contribution in [-0.2, 0) is 4.74 Å². The molecule has 0 aliphatic heterocycles. The zero-order valence-corrected chi connectivity index (χ0v) is 9.46. The first kappa shape index (κ1) is 13.3. The van der Waals surface area contributed by atoms with Crippen LogP contribution in [-0.4, -0.2) is 17.6 Å². The zero-order chi connectivity index (χ0) is 13.0. The minimum Gasteiger partial charge on any atom is -0.462 e. The molecule has 0 saturated carbocycles. The van der Waals surface area contributed by atoms with Crippen LogP contribution in [0.3, 0.4) is 0 Å². The predicted molar refractivity (Wildman–Crippen MR) is 54.9 cm³/mol. The van der Waals surface area contributed by atoms with Gasteiger partial charge in [0.25, 0.3) is 6.43 Å². The van der Waals surface area contributed by atoms with Gasteiger partial charge in [0.15, 0.2) is 0 Å². The average Bonchev–Trinajstić information content (AvgIpc) is 2.28. The van der Waals surface area contributed by atoms with E-state index >= 15 is 0 Å². The van der Waals surface area contributed by atoms with Crippen molar-refractivity contribution in [3.63, 3.8) is 0 Å². The van der Waals surface area contributed by atoms with Crippen LogP contribution in [0.1, 0.15) is 34.8 Å². The van der Waals surface area contributed by atoms with Crippen molar-refractivity contribution in [2.24, 2.45) is 0 Å². The van der Waals surface area contributed by atoms with Crippen LogP contribution in [0.15, 0.2) is 6.20 Å². The van der Waals surface area contributed by atoms with E-state index in [2.05, 4.69) is 9.72 Å². The highest BCUT2D eigenvalue weighted by Gasteiger charge is 2.25. The lowest BCUT2D eigenvalue weighted by molar-refractivity contribution is 0.0514. The van der Waals surface area contributed by atoms with E-state index in [4.69, 9.17) is 16.9 Å². The van der Waals surface area contributed by atoms with Crippen molar-refractivity contribution in [1.82, 2.24) is 4.98 Å². The minimum absolute atomic E-state index is 0.0338.